The number of nitrogens with zero attached hydrogens (tertiary/aromatic N) is 1. The number of carboxylic acids is 1. The van der Waals surface area contributed by atoms with Crippen LogP contribution < -0.4 is 10.2 Å². The van der Waals surface area contributed by atoms with Gasteiger partial charge in [-0.2, -0.15) is 0 Å². The Hall–Kier alpha value is -1.95. The highest BCUT2D eigenvalue weighted by Crippen LogP contribution is 2.27. The van der Waals surface area contributed by atoms with Gasteiger partial charge in [-0.05, 0) is 35.9 Å². The van der Waals surface area contributed by atoms with Crippen LogP contribution in [0.1, 0.15) is 15.9 Å². The molecule has 3 rings (SSSR count). The largest absolute Gasteiger partial charge is 0.478 e. The van der Waals surface area contributed by atoms with E-state index < -0.39 is 5.97 Å². The number of hydrogen-bond donors (Lipinski definition) is 2. The van der Waals surface area contributed by atoms with Gasteiger partial charge in [-0.25, -0.2) is 4.79 Å². The molecule has 1 saturated heterocycles. The Bertz CT molecular complexity index is 777. The number of anilines is 2. The van der Waals surface area contributed by atoms with Gasteiger partial charge in [0.15, 0.2) is 0 Å². The summed E-state index contributed by atoms with van der Waals surface area (Å²) in [5, 5.41) is 13.9. The molecule has 0 amide bonds. The summed E-state index contributed by atoms with van der Waals surface area (Å²) in [6, 6.07) is 10.7. The number of ether oxygens (including phenoxy) is 1. The summed E-state index contributed by atoms with van der Waals surface area (Å²) in [6.45, 7) is 3.06. The predicted molar refractivity (Wildman–Crippen MR) is 100 cm³/mol. The molecule has 0 aromatic heterocycles. The van der Waals surface area contributed by atoms with Crippen LogP contribution in [0.25, 0.3) is 0 Å². The maximum absolute atomic E-state index is 11.7. The van der Waals surface area contributed by atoms with Crippen molar-refractivity contribution in [3.05, 3.63) is 57.6 Å². The lowest BCUT2D eigenvalue weighted by Gasteiger charge is -2.30. The Morgan fingerprint density at radius 3 is 2.60 bits per heavy atom. The monoisotopic (exact) mass is 380 g/mol. The molecule has 1 aliphatic heterocycles. The Balaban J connectivity index is 1.78. The number of carboxylic acid groups (broad SMARTS) is 1. The molecule has 1 heterocycles. The molecule has 0 atom stereocenters. The number of halogens is 2. The fourth-order valence-electron chi connectivity index (χ4n) is 2.76. The van der Waals surface area contributed by atoms with Crippen molar-refractivity contribution in [2.45, 2.75) is 6.54 Å². The molecule has 25 heavy (non-hydrogen) atoms. The van der Waals surface area contributed by atoms with Gasteiger partial charge in [0.05, 0.1) is 24.5 Å². The van der Waals surface area contributed by atoms with Crippen LogP contribution in [0.15, 0.2) is 36.4 Å². The van der Waals surface area contributed by atoms with E-state index in [2.05, 4.69) is 5.32 Å². The summed E-state index contributed by atoms with van der Waals surface area (Å²) in [5.41, 5.74) is 2.60. The van der Waals surface area contributed by atoms with E-state index in [4.69, 9.17) is 27.9 Å². The Kier molecular flexibility index (Phi) is 5.68. The summed E-state index contributed by atoms with van der Waals surface area (Å²) in [6.07, 6.45) is 0. The molecule has 0 aliphatic carbocycles. The molecule has 1 aliphatic rings. The molecular weight excluding hydrogens is 363 g/mol. The van der Waals surface area contributed by atoms with Crippen molar-refractivity contribution in [2.24, 2.45) is 0 Å². The molecule has 0 spiro atoms. The fraction of sp³-hybridized carbons (Fsp3) is 0.278. The number of aromatic carboxylic acids is 1. The molecular formula is C18H18Cl2N2O3. The highest BCUT2D eigenvalue weighted by molar-refractivity contribution is 6.35. The SMILES string of the molecule is O=C(O)c1cc(NCc2ccc(Cl)cc2Cl)ccc1N1CCOCC1. The molecule has 132 valence electrons. The first-order valence-electron chi connectivity index (χ1n) is 7.92. The fourth-order valence-corrected chi connectivity index (χ4v) is 3.23. The smallest absolute Gasteiger partial charge is 0.337 e. The lowest BCUT2D eigenvalue weighted by molar-refractivity contribution is 0.0696. The zero-order valence-electron chi connectivity index (χ0n) is 13.5. The van der Waals surface area contributed by atoms with Gasteiger partial charge >= 0.3 is 5.97 Å². The van der Waals surface area contributed by atoms with E-state index in [1.54, 1.807) is 18.2 Å². The Morgan fingerprint density at radius 2 is 1.92 bits per heavy atom. The summed E-state index contributed by atoms with van der Waals surface area (Å²) in [4.78, 5) is 13.7. The second kappa shape index (κ2) is 7.95. The molecule has 5 nitrogen and oxygen atoms in total. The van der Waals surface area contributed by atoms with Crippen LogP contribution >= 0.6 is 23.2 Å². The summed E-state index contributed by atoms with van der Waals surface area (Å²) < 4.78 is 5.33. The molecule has 2 aromatic carbocycles. The van der Waals surface area contributed by atoms with E-state index >= 15 is 0 Å². The van der Waals surface area contributed by atoms with Gasteiger partial charge in [-0.3, -0.25) is 0 Å². The first kappa shape index (κ1) is 17.9. The molecule has 0 saturated carbocycles. The zero-order valence-corrected chi connectivity index (χ0v) is 15.0. The minimum atomic E-state index is -0.949. The first-order valence-corrected chi connectivity index (χ1v) is 8.68. The average Bonchev–Trinajstić information content (AvgIpc) is 2.61. The lowest BCUT2D eigenvalue weighted by atomic mass is 10.1. The number of carbonyl (C=O) groups is 1. The van der Waals surface area contributed by atoms with Gasteiger partial charge in [0.1, 0.15) is 0 Å². The van der Waals surface area contributed by atoms with E-state index in [1.165, 1.54) is 0 Å². The maximum atomic E-state index is 11.7. The van der Waals surface area contributed by atoms with Gasteiger partial charge in [-0.15, -0.1) is 0 Å². The second-order valence-corrected chi connectivity index (χ2v) is 6.57. The van der Waals surface area contributed by atoms with E-state index in [-0.39, 0.29) is 5.56 Å². The third kappa shape index (κ3) is 4.37. The Labute approximate surface area is 156 Å². The van der Waals surface area contributed by atoms with Crippen molar-refractivity contribution in [1.82, 2.24) is 0 Å². The quantitative estimate of drug-likeness (QED) is 0.815. The van der Waals surface area contributed by atoms with Crippen LogP contribution in [0, 0.1) is 0 Å². The second-order valence-electron chi connectivity index (χ2n) is 5.73. The zero-order chi connectivity index (χ0) is 17.8. The molecule has 0 unspecified atom stereocenters. The van der Waals surface area contributed by atoms with Gasteiger partial charge in [0, 0.05) is 35.4 Å². The van der Waals surface area contributed by atoms with Crippen molar-refractivity contribution in [2.75, 3.05) is 36.5 Å². The van der Waals surface area contributed by atoms with Crippen molar-refractivity contribution in [3.63, 3.8) is 0 Å². The molecule has 2 N–H and O–H groups in total. The van der Waals surface area contributed by atoms with Crippen LogP contribution in [-0.4, -0.2) is 37.4 Å². The van der Waals surface area contributed by atoms with E-state index in [0.29, 0.717) is 48.6 Å². The van der Waals surface area contributed by atoms with Crippen molar-refractivity contribution < 1.29 is 14.6 Å². The normalized spacial score (nSPS) is 14.4. The first-order chi connectivity index (χ1) is 12.0. The third-order valence-corrected chi connectivity index (χ3v) is 4.66. The summed E-state index contributed by atoms with van der Waals surface area (Å²) in [7, 11) is 0. The standard InChI is InChI=1S/C18H18Cl2N2O3/c19-13-2-1-12(16(20)9-13)11-21-14-3-4-17(15(10-14)18(23)24)22-5-7-25-8-6-22/h1-4,9-10,21H,5-8,11H2,(H,23,24). The summed E-state index contributed by atoms with van der Waals surface area (Å²) >= 11 is 12.1. The number of nitrogens with one attached hydrogen (secondary N) is 1. The highest BCUT2D eigenvalue weighted by atomic mass is 35.5. The average molecular weight is 381 g/mol. The predicted octanol–water partition coefficient (Wildman–Crippen LogP) is 4.14. The van der Waals surface area contributed by atoms with Crippen LogP contribution in [0.2, 0.25) is 10.0 Å². The minimum Gasteiger partial charge on any atom is -0.478 e. The number of hydrogen-bond acceptors (Lipinski definition) is 4. The molecule has 0 bridgehead atoms. The van der Waals surface area contributed by atoms with Gasteiger partial charge < -0.3 is 20.1 Å². The van der Waals surface area contributed by atoms with Gasteiger partial charge in [0.25, 0.3) is 0 Å². The molecule has 2 aromatic rings. The molecule has 7 heteroatoms. The molecule has 1 fully saturated rings. The maximum Gasteiger partial charge on any atom is 0.337 e. The lowest BCUT2D eigenvalue weighted by Crippen LogP contribution is -2.37. The van der Waals surface area contributed by atoms with Gasteiger partial charge in [-0.1, -0.05) is 29.3 Å². The van der Waals surface area contributed by atoms with Gasteiger partial charge in [0.2, 0.25) is 0 Å². The highest BCUT2D eigenvalue weighted by Gasteiger charge is 2.19. The number of benzene rings is 2. The van der Waals surface area contributed by atoms with Crippen LogP contribution in [0.4, 0.5) is 11.4 Å². The topological polar surface area (TPSA) is 61.8 Å². The number of rotatable bonds is 5. The molecule has 0 radical (unpaired) electrons. The van der Waals surface area contributed by atoms with Crippen molar-refractivity contribution in [1.29, 1.82) is 0 Å². The minimum absolute atomic E-state index is 0.272. The summed E-state index contributed by atoms with van der Waals surface area (Å²) in [5.74, 6) is -0.949. The third-order valence-electron chi connectivity index (χ3n) is 4.08. The Morgan fingerprint density at radius 1 is 1.16 bits per heavy atom. The van der Waals surface area contributed by atoms with Crippen LogP contribution in [0.5, 0.6) is 0 Å². The van der Waals surface area contributed by atoms with Crippen LogP contribution in [0.3, 0.4) is 0 Å². The van der Waals surface area contributed by atoms with E-state index in [1.807, 2.05) is 23.1 Å². The van der Waals surface area contributed by atoms with E-state index in [0.717, 1.165) is 11.3 Å². The van der Waals surface area contributed by atoms with Crippen molar-refractivity contribution in [3.8, 4) is 0 Å². The number of morpholine rings is 1. The van der Waals surface area contributed by atoms with Crippen LogP contribution in [-0.2, 0) is 11.3 Å². The van der Waals surface area contributed by atoms with Crippen molar-refractivity contribution >= 4 is 40.5 Å². The van der Waals surface area contributed by atoms with E-state index in [9.17, 15) is 9.90 Å².